The van der Waals surface area contributed by atoms with E-state index in [2.05, 4.69) is 228 Å². The second-order valence-electron chi connectivity index (χ2n) is 13.8. The fourth-order valence-electron chi connectivity index (χ4n) is 7.89. The van der Waals surface area contributed by atoms with E-state index in [4.69, 9.17) is 0 Å². The van der Waals surface area contributed by atoms with Crippen molar-refractivity contribution in [2.75, 3.05) is 4.90 Å². The van der Waals surface area contributed by atoms with E-state index in [0.717, 1.165) is 22.7 Å². The molecule has 0 bridgehead atoms. The third kappa shape index (κ3) is 5.71. The van der Waals surface area contributed by atoms with Crippen LogP contribution in [0.25, 0.3) is 71.6 Å². The number of rotatable bonds is 7. The highest BCUT2D eigenvalue weighted by molar-refractivity contribution is 6.09. The molecule has 1 aromatic heterocycles. The predicted molar refractivity (Wildman–Crippen MR) is 229 cm³/mol. The summed E-state index contributed by atoms with van der Waals surface area (Å²) in [7, 11) is 0. The molecular formula is C52H36N2. The molecule has 0 aliphatic carbocycles. The fourth-order valence-corrected chi connectivity index (χ4v) is 7.89. The van der Waals surface area contributed by atoms with Gasteiger partial charge in [-0.25, -0.2) is 0 Å². The van der Waals surface area contributed by atoms with Gasteiger partial charge in [0.15, 0.2) is 0 Å². The number of aromatic nitrogens is 1. The zero-order valence-corrected chi connectivity index (χ0v) is 29.7. The normalized spacial score (nSPS) is 11.3. The van der Waals surface area contributed by atoms with Gasteiger partial charge in [-0.2, -0.15) is 0 Å². The highest BCUT2D eigenvalue weighted by Crippen LogP contribution is 2.40. The maximum atomic E-state index is 2.39. The minimum atomic E-state index is 1.11. The summed E-state index contributed by atoms with van der Waals surface area (Å²) in [4.78, 5) is 2.36. The Morgan fingerprint density at radius 1 is 0.296 bits per heavy atom. The molecule has 0 saturated heterocycles. The van der Waals surface area contributed by atoms with Crippen molar-refractivity contribution in [2.24, 2.45) is 0 Å². The van der Waals surface area contributed by atoms with E-state index in [9.17, 15) is 0 Å². The molecule has 0 spiro atoms. The standard InChI is InChI=1S/C52H36N2/c1-4-12-37(13-5-1)39-22-26-45(27-23-39)53(46-28-24-40(25-29-46)38-14-6-2-7-15-38)47-30-32-49-42(34-47)20-21-43-35-48(31-33-50(43)49)54-51-19-11-10-18-44(51)36-52(54)41-16-8-3-9-17-41/h1-36H. The van der Waals surface area contributed by atoms with Crippen molar-refractivity contribution < 1.29 is 0 Å². The fraction of sp³-hybridized carbons (Fsp3) is 0. The maximum absolute atomic E-state index is 2.39. The van der Waals surface area contributed by atoms with Crippen molar-refractivity contribution in [1.82, 2.24) is 4.57 Å². The molecule has 10 rings (SSSR count). The first-order valence-electron chi connectivity index (χ1n) is 18.5. The van der Waals surface area contributed by atoms with Crippen molar-refractivity contribution in [3.8, 4) is 39.2 Å². The van der Waals surface area contributed by atoms with E-state index >= 15 is 0 Å². The summed E-state index contributed by atoms with van der Waals surface area (Å²) in [6.45, 7) is 0. The first-order valence-corrected chi connectivity index (χ1v) is 18.5. The van der Waals surface area contributed by atoms with Gasteiger partial charge in [-0.15, -0.1) is 0 Å². The van der Waals surface area contributed by atoms with Gasteiger partial charge in [0.05, 0.1) is 11.2 Å². The molecule has 10 aromatic rings. The summed E-state index contributed by atoms with van der Waals surface area (Å²) in [5, 5.41) is 6.13. The Kier molecular flexibility index (Phi) is 7.85. The zero-order chi connectivity index (χ0) is 35.8. The summed E-state index contributed by atoms with van der Waals surface area (Å²) in [6.07, 6.45) is 0. The number of anilines is 3. The van der Waals surface area contributed by atoms with E-state index in [-0.39, 0.29) is 0 Å². The van der Waals surface area contributed by atoms with Crippen molar-refractivity contribution in [2.45, 2.75) is 0 Å². The van der Waals surface area contributed by atoms with E-state index in [0.29, 0.717) is 0 Å². The van der Waals surface area contributed by atoms with Crippen LogP contribution in [0.5, 0.6) is 0 Å². The monoisotopic (exact) mass is 688 g/mol. The van der Waals surface area contributed by atoms with Gasteiger partial charge >= 0.3 is 0 Å². The van der Waals surface area contributed by atoms with Gasteiger partial charge in [-0.3, -0.25) is 0 Å². The largest absolute Gasteiger partial charge is 0.310 e. The minimum Gasteiger partial charge on any atom is -0.310 e. The zero-order valence-electron chi connectivity index (χ0n) is 29.7. The van der Waals surface area contributed by atoms with Crippen molar-refractivity contribution >= 4 is 49.5 Å². The third-order valence-corrected chi connectivity index (χ3v) is 10.6. The van der Waals surface area contributed by atoms with Crippen LogP contribution in [0.15, 0.2) is 218 Å². The lowest BCUT2D eigenvalue weighted by molar-refractivity contribution is 1.14. The summed E-state index contributed by atoms with van der Waals surface area (Å²) in [6, 6.07) is 78.9. The maximum Gasteiger partial charge on any atom is 0.0540 e. The number of hydrogen-bond acceptors (Lipinski definition) is 1. The minimum absolute atomic E-state index is 1.11. The highest BCUT2D eigenvalue weighted by atomic mass is 15.1. The molecule has 2 nitrogen and oxygen atoms in total. The van der Waals surface area contributed by atoms with Crippen LogP contribution in [-0.4, -0.2) is 4.57 Å². The van der Waals surface area contributed by atoms with Gasteiger partial charge in [-0.1, -0.05) is 158 Å². The van der Waals surface area contributed by atoms with Gasteiger partial charge in [0.1, 0.15) is 0 Å². The second-order valence-corrected chi connectivity index (χ2v) is 13.8. The first kappa shape index (κ1) is 31.6. The molecule has 0 fully saturated rings. The Morgan fingerprint density at radius 2 is 0.759 bits per heavy atom. The summed E-state index contributed by atoms with van der Waals surface area (Å²) in [5.74, 6) is 0. The average Bonchev–Trinajstić information content (AvgIpc) is 3.65. The predicted octanol–water partition coefficient (Wildman–Crippen LogP) is 14.4. The number of benzene rings is 9. The highest BCUT2D eigenvalue weighted by Gasteiger charge is 2.16. The van der Waals surface area contributed by atoms with Gasteiger partial charge in [-0.05, 0) is 110 Å². The molecule has 1 heterocycles. The lowest BCUT2D eigenvalue weighted by Gasteiger charge is -2.26. The molecule has 0 aliphatic rings. The lowest BCUT2D eigenvalue weighted by Crippen LogP contribution is -2.09. The molecule has 254 valence electrons. The smallest absolute Gasteiger partial charge is 0.0540 e. The van der Waals surface area contributed by atoms with Crippen molar-refractivity contribution in [3.05, 3.63) is 218 Å². The SMILES string of the molecule is c1ccc(-c2ccc(N(c3ccc(-c4ccccc4)cc3)c3ccc4c(ccc5cc(-n6c(-c7ccccc7)cc7ccccc76)ccc54)c3)cc2)cc1. The second kappa shape index (κ2) is 13.4. The Balaban J connectivity index is 1.06. The third-order valence-electron chi connectivity index (χ3n) is 10.6. The molecule has 0 atom stereocenters. The Labute approximate surface area is 315 Å². The van der Waals surface area contributed by atoms with E-state index in [1.54, 1.807) is 0 Å². The van der Waals surface area contributed by atoms with E-state index in [1.807, 2.05) is 0 Å². The van der Waals surface area contributed by atoms with Gasteiger partial charge in [0, 0.05) is 28.1 Å². The average molecular weight is 689 g/mol. The number of hydrogen-bond donors (Lipinski definition) is 0. The molecule has 0 radical (unpaired) electrons. The Morgan fingerprint density at radius 3 is 1.35 bits per heavy atom. The first-order chi connectivity index (χ1) is 26.8. The number of fused-ring (bicyclic) bond motifs is 4. The Hall–Kier alpha value is -7.16. The van der Waals surface area contributed by atoms with Crippen LogP contribution in [0, 0.1) is 0 Å². The van der Waals surface area contributed by atoms with Crippen LogP contribution in [-0.2, 0) is 0 Å². The van der Waals surface area contributed by atoms with Gasteiger partial charge in [0.25, 0.3) is 0 Å². The molecule has 0 N–H and O–H groups in total. The lowest BCUT2D eigenvalue weighted by atomic mass is 10.00. The van der Waals surface area contributed by atoms with Crippen LogP contribution in [0.1, 0.15) is 0 Å². The van der Waals surface area contributed by atoms with Crippen molar-refractivity contribution in [1.29, 1.82) is 0 Å². The molecule has 0 unspecified atom stereocenters. The van der Waals surface area contributed by atoms with Gasteiger partial charge in [0.2, 0.25) is 0 Å². The van der Waals surface area contributed by atoms with Crippen LogP contribution in [0.3, 0.4) is 0 Å². The quantitative estimate of drug-likeness (QED) is 0.151. The topological polar surface area (TPSA) is 8.17 Å². The molecule has 2 heteroatoms. The molecule has 0 amide bonds. The summed E-state index contributed by atoms with van der Waals surface area (Å²) >= 11 is 0. The molecule has 54 heavy (non-hydrogen) atoms. The van der Waals surface area contributed by atoms with E-state index < -0.39 is 0 Å². The molecule has 9 aromatic carbocycles. The number of nitrogens with zero attached hydrogens (tertiary/aromatic N) is 2. The van der Waals surface area contributed by atoms with Crippen LogP contribution >= 0.6 is 0 Å². The molecule has 0 saturated carbocycles. The van der Waals surface area contributed by atoms with Crippen LogP contribution in [0.2, 0.25) is 0 Å². The van der Waals surface area contributed by atoms with E-state index in [1.165, 1.54) is 66.0 Å². The van der Waals surface area contributed by atoms with Gasteiger partial charge < -0.3 is 9.47 Å². The van der Waals surface area contributed by atoms with Crippen LogP contribution < -0.4 is 4.90 Å². The molecular weight excluding hydrogens is 653 g/mol. The van der Waals surface area contributed by atoms with Crippen LogP contribution in [0.4, 0.5) is 17.1 Å². The Bertz CT molecular complexity index is 2810. The summed E-state index contributed by atoms with van der Waals surface area (Å²) < 4.78 is 2.39. The van der Waals surface area contributed by atoms with Crippen molar-refractivity contribution in [3.63, 3.8) is 0 Å². The number of para-hydroxylation sites is 1. The molecule has 0 aliphatic heterocycles. The summed E-state index contributed by atoms with van der Waals surface area (Å²) in [5.41, 5.74) is 12.9.